The van der Waals surface area contributed by atoms with E-state index < -0.39 is 21.2 Å². The van der Waals surface area contributed by atoms with Gasteiger partial charge in [0, 0.05) is 34.9 Å². The predicted molar refractivity (Wildman–Crippen MR) is 140 cm³/mol. The highest BCUT2D eigenvalue weighted by Crippen LogP contribution is 2.45. The zero-order chi connectivity index (χ0) is 25.3. The molecule has 3 aromatic carbocycles. The van der Waals surface area contributed by atoms with E-state index >= 15 is 0 Å². The van der Waals surface area contributed by atoms with Crippen molar-refractivity contribution < 1.29 is 17.9 Å². The average Bonchev–Trinajstić information content (AvgIpc) is 3.50. The number of amides is 1. The molecule has 0 spiro atoms. The van der Waals surface area contributed by atoms with Crippen LogP contribution < -0.4 is 0 Å². The minimum absolute atomic E-state index is 0.0242. The molecule has 1 fully saturated rings. The molecule has 3 aromatic rings. The summed E-state index contributed by atoms with van der Waals surface area (Å²) >= 11 is 0. The summed E-state index contributed by atoms with van der Waals surface area (Å²) in [5, 5.41) is 0. The van der Waals surface area contributed by atoms with E-state index in [2.05, 4.69) is 4.90 Å². The number of hydrogen-bond donors (Lipinski definition) is 0. The quantitative estimate of drug-likeness (QED) is 0.356. The van der Waals surface area contributed by atoms with Gasteiger partial charge in [-0.3, -0.25) is 0 Å². The lowest BCUT2D eigenvalue weighted by Gasteiger charge is -2.34. The van der Waals surface area contributed by atoms with Crippen molar-refractivity contribution in [2.24, 2.45) is 0 Å². The molecule has 6 nitrogen and oxygen atoms in total. The molecule has 5 rings (SSSR count). The lowest BCUT2D eigenvalue weighted by atomic mass is 10.0. The first kappa shape index (κ1) is 24.8. The van der Waals surface area contributed by atoms with Crippen LogP contribution in [-0.2, 0) is 13.8 Å². The van der Waals surface area contributed by atoms with E-state index in [1.807, 2.05) is 61.5 Å². The largest absolute Gasteiger partial charge is 0.436 e. The normalized spacial score (nSPS) is 16.4. The zero-order valence-electron chi connectivity index (χ0n) is 20.1. The highest BCUT2D eigenvalue weighted by Gasteiger charge is 2.35. The second kappa shape index (κ2) is 10.2. The Labute approximate surface area is 216 Å². The first-order valence-corrected chi connectivity index (χ1v) is 14.6. The van der Waals surface area contributed by atoms with Crippen LogP contribution in [0.5, 0.6) is 0 Å². The van der Waals surface area contributed by atoms with Crippen molar-refractivity contribution in [3.8, 4) is 11.1 Å². The van der Waals surface area contributed by atoms with Gasteiger partial charge in [0.1, 0.15) is 0 Å². The minimum atomic E-state index is -3.90. The van der Waals surface area contributed by atoms with Gasteiger partial charge in [-0.25, -0.2) is 13.2 Å². The van der Waals surface area contributed by atoms with Gasteiger partial charge in [0.15, 0.2) is 6.10 Å². The van der Waals surface area contributed by atoms with Crippen LogP contribution in [0.4, 0.5) is 4.79 Å². The Kier molecular flexibility index (Phi) is 7.06. The van der Waals surface area contributed by atoms with Crippen LogP contribution in [0, 0.1) is 0 Å². The molecule has 0 saturated carbocycles. The molecular formula is C28H29ClN2O4S. The number of hydrogen-bond acceptors (Lipinski definition) is 5. The number of carbonyl (C=O) groups is 1. The fourth-order valence-corrected chi connectivity index (χ4v) is 6.15. The highest BCUT2D eigenvalue weighted by atomic mass is 35.7. The Hall–Kier alpha value is -2.87. The van der Waals surface area contributed by atoms with Gasteiger partial charge in [-0.1, -0.05) is 60.7 Å². The Morgan fingerprint density at radius 2 is 1.61 bits per heavy atom. The minimum Gasteiger partial charge on any atom is -0.436 e. The van der Waals surface area contributed by atoms with Crippen LogP contribution in [0.3, 0.4) is 0 Å². The third-order valence-electron chi connectivity index (χ3n) is 7.10. The van der Waals surface area contributed by atoms with E-state index in [-0.39, 0.29) is 10.9 Å². The molecule has 188 valence electrons. The number of likely N-dealkylation sites (N-methyl/N-ethyl adjacent to an activating group) is 1. The number of rotatable bonds is 7. The molecule has 36 heavy (non-hydrogen) atoms. The first-order chi connectivity index (χ1) is 17.4. The maximum absolute atomic E-state index is 13.8. The number of ether oxygens (including phenoxy) is 1. The lowest BCUT2D eigenvalue weighted by molar-refractivity contribution is 0.0599. The number of fused-ring (bicyclic) bond motifs is 3. The second-order valence-corrected chi connectivity index (χ2v) is 11.8. The van der Waals surface area contributed by atoms with E-state index in [4.69, 9.17) is 15.4 Å². The molecule has 1 saturated heterocycles. The average molecular weight is 525 g/mol. The number of nitrogens with zero attached hydrogens (tertiary/aromatic N) is 2. The van der Waals surface area contributed by atoms with Crippen molar-refractivity contribution in [1.82, 2.24) is 9.80 Å². The molecule has 0 radical (unpaired) electrons. The Morgan fingerprint density at radius 1 is 1.00 bits per heavy atom. The highest BCUT2D eigenvalue weighted by molar-refractivity contribution is 8.13. The van der Waals surface area contributed by atoms with Gasteiger partial charge in [-0.2, -0.15) is 0 Å². The molecule has 2 aliphatic rings. The van der Waals surface area contributed by atoms with Crippen molar-refractivity contribution in [2.45, 2.75) is 36.8 Å². The van der Waals surface area contributed by atoms with Gasteiger partial charge in [0.25, 0.3) is 9.05 Å². The molecular weight excluding hydrogens is 496 g/mol. The van der Waals surface area contributed by atoms with Gasteiger partial charge in [-0.15, -0.1) is 0 Å². The van der Waals surface area contributed by atoms with Crippen LogP contribution in [0.15, 0.2) is 77.7 Å². The number of benzene rings is 3. The fraction of sp³-hybridized carbons (Fsp3) is 0.321. The van der Waals surface area contributed by atoms with Crippen LogP contribution in [0.1, 0.15) is 48.6 Å². The fourth-order valence-electron chi connectivity index (χ4n) is 5.35. The molecule has 0 bridgehead atoms. The van der Waals surface area contributed by atoms with Crippen molar-refractivity contribution in [2.75, 3.05) is 26.2 Å². The van der Waals surface area contributed by atoms with Gasteiger partial charge >= 0.3 is 6.09 Å². The molecule has 1 amide bonds. The van der Waals surface area contributed by atoms with Crippen molar-refractivity contribution in [3.05, 3.63) is 89.5 Å². The van der Waals surface area contributed by atoms with Crippen molar-refractivity contribution in [1.29, 1.82) is 0 Å². The van der Waals surface area contributed by atoms with Crippen LogP contribution in [0.25, 0.3) is 11.1 Å². The molecule has 1 atom stereocenters. The smallest absolute Gasteiger partial charge is 0.411 e. The summed E-state index contributed by atoms with van der Waals surface area (Å²) in [5.74, 6) is 0. The van der Waals surface area contributed by atoms with Gasteiger partial charge < -0.3 is 14.5 Å². The summed E-state index contributed by atoms with van der Waals surface area (Å²) in [7, 11) is 1.75. The third kappa shape index (κ3) is 4.88. The van der Waals surface area contributed by atoms with E-state index in [1.165, 1.54) is 6.07 Å². The maximum Gasteiger partial charge on any atom is 0.411 e. The van der Waals surface area contributed by atoms with Crippen molar-refractivity contribution >= 4 is 25.8 Å². The monoisotopic (exact) mass is 524 g/mol. The van der Waals surface area contributed by atoms with E-state index in [1.54, 1.807) is 17.0 Å². The Balaban J connectivity index is 1.48. The number of likely N-dealkylation sites (tertiary alicyclic amines) is 1. The Bertz CT molecular complexity index is 1330. The summed E-state index contributed by atoms with van der Waals surface area (Å²) in [6, 6.07) is 22.2. The van der Waals surface area contributed by atoms with E-state index in [0.717, 1.165) is 53.7 Å². The molecule has 0 N–H and O–H groups in total. The van der Waals surface area contributed by atoms with Crippen LogP contribution >= 0.6 is 10.7 Å². The van der Waals surface area contributed by atoms with Gasteiger partial charge in [0.05, 0.1) is 10.9 Å². The molecule has 1 aliphatic carbocycles. The van der Waals surface area contributed by atoms with Crippen LogP contribution in [-0.4, -0.2) is 50.5 Å². The lowest BCUT2D eigenvalue weighted by Crippen LogP contribution is -2.41. The second-order valence-electron chi connectivity index (χ2n) is 9.26. The van der Waals surface area contributed by atoms with Crippen molar-refractivity contribution in [3.63, 3.8) is 0 Å². The number of halogens is 1. The van der Waals surface area contributed by atoms with Gasteiger partial charge in [0.2, 0.25) is 0 Å². The zero-order valence-corrected chi connectivity index (χ0v) is 21.7. The predicted octanol–water partition coefficient (Wildman–Crippen LogP) is 5.98. The Morgan fingerprint density at radius 3 is 2.19 bits per heavy atom. The van der Waals surface area contributed by atoms with Crippen LogP contribution in [0.2, 0.25) is 0 Å². The standard InChI is InChI=1S/C28H29ClN2O4S/c1-2-31(26(19-30-16-7-8-17-30)20-10-9-11-21(18-20)36(29,33)34)28(32)35-27-24-14-5-3-12-22(24)23-13-4-6-15-25(23)27/h3-6,9-15,18,26-27H,2,7-8,16-17,19H2,1H3/t26-/m1/s1. The summed E-state index contributed by atoms with van der Waals surface area (Å²) < 4.78 is 30.3. The molecule has 0 unspecified atom stereocenters. The summed E-state index contributed by atoms with van der Waals surface area (Å²) in [6.07, 6.45) is 1.28. The molecule has 8 heteroatoms. The van der Waals surface area contributed by atoms with E-state index in [9.17, 15) is 13.2 Å². The number of carbonyl (C=O) groups excluding carboxylic acids is 1. The van der Waals surface area contributed by atoms with Gasteiger partial charge in [-0.05, 0) is 61.7 Å². The summed E-state index contributed by atoms with van der Waals surface area (Å²) in [6.45, 7) is 4.80. The maximum atomic E-state index is 13.8. The molecule has 1 heterocycles. The van der Waals surface area contributed by atoms with E-state index in [0.29, 0.717) is 13.1 Å². The molecule has 1 aliphatic heterocycles. The topological polar surface area (TPSA) is 66.9 Å². The molecule has 0 aromatic heterocycles. The summed E-state index contributed by atoms with van der Waals surface area (Å²) in [5.41, 5.74) is 4.80. The first-order valence-electron chi connectivity index (χ1n) is 12.3. The third-order valence-corrected chi connectivity index (χ3v) is 8.45. The SMILES string of the molecule is CCN(C(=O)OC1c2ccccc2-c2ccccc21)[C@H](CN1CCCC1)c1cccc(S(=O)(=O)Cl)c1. The summed E-state index contributed by atoms with van der Waals surface area (Å²) in [4.78, 5) is 17.8.